The Bertz CT molecular complexity index is 1180. The fraction of sp³-hybridized carbons (Fsp3) is 0.0909. The molecule has 0 atom stereocenters. The Morgan fingerprint density at radius 1 is 0.931 bits per heavy atom. The van der Waals surface area contributed by atoms with Crippen LogP contribution in [0.4, 0.5) is 0 Å². The molecule has 0 heterocycles. The Balaban J connectivity index is 1.73. The average Bonchev–Trinajstić information content (AvgIpc) is 2.71. The zero-order valence-corrected chi connectivity index (χ0v) is 16.2. The summed E-state index contributed by atoms with van der Waals surface area (Å²) in [5, 5.41) is 10.7. The summed E-state index contributed by atoms with van der Waals surface area (Å²) in [5.74, 6) is -1.34. The van der Waals surface area contributed by atoms with Crippen molar-refractivity contribution >= 4 is 38.6 Å². The van der Waals surface area contributed by atoms with Gasteiger partial charge in [0.05, 0.1) is 11.3 Å². The zero-order chi connectivity index (χ0) is 20.9. The van der Waals surface area contributed by atoms with Crippen LogP contribution in [0.15, 0.2) is 77.7 Å². The van der Waals surface area contributed by atoms with Gasteiger partial charge >= 0.3 is 5.97 Å². The molecule has 0 amide bonds. The Labute approximate surface area is 168 Å². The molecular weight excluding hydrogens is 390 g/mol. The number of allylic oxidation sites excluding steroid dienone is 1. The van der Waals surface area contributed by atoms with Gasteiger partial charge in [-0.15, -0.1) is 0 Å². The molecular formula is C22H19NO5S. The van der Waals surface area contributed by atoms with E-state index < -0.39 is 16.0 Å². The molecule has 0 radical (unpaired) electrons. The lowest BCUT2D eigenvalue weighted by Crippen LogP contribution is -2.26. The number of rotatable bonds is 8. The minimum Gasteiger partial charge on any atom is -0.481 e. The number of sulfonamides is 1. The lowest BCUT2D eigenvalue weighted by molar-refractivity contribution is -0.136. The van der Waals surface area contributed by atoms with Gasteiger partial charge in [0.25, 0.3) is 0 Å². The van der Waals surface area contributed by atoms with Crippen molar-refractivity contribution in [1.82, 2.24) is 4.72 Å². The SMILES string of the molecule is O=C(O)CCNS(=O)(=O)c1ccc(C(=O)C=Cc2cccc3ccccc23)cc1. The number of hydrogen-bond donors (Lipinski definition) is 2. The van der Waals surface area contributed by atoms with Gasteiger partial charge in [0.1, 0.15) is 0 Å². The van der Waals surface area contributed by atoms with Crippen LogP contribution in [-0.4, -0.2) is 31.8 Å². The molecule has 0 spiro atoms. The fourth-order valence-electron chi connectivity index (χ4n) is 2.83. The molecule has 0 bridgehead atoms. The highest BCUT2D eigenvalue weighted by molar-refractivity contribution is 7.89. The third-order valence-corrected chi connectivity index (χ3v) is 5.79. The highest BCUT2D eigenvalue weighted by Gasteiger charge is 2.14. The van der Waals surface area contributed by atoms with Crippen molar-refractivity contribution in [3.05, 3.63) is 83.9 Å². The molecule has 2 N–H and O–H groups in total. The average molecular weight is 409 g/mol. The summed E-state index contributed by atoms with van der Waals surface area (Å²) in [5.41, 5.74) is 1.27. The van der Waals surface area contributed by atoms with Crippen LogP contribution in [0.2, 0.25) is 0 Å². The van der Waals surface area contributed by atoms with Gasteiger partial charge in [0.2, 0.25) is 10.0 Å². The first kappa shape index (κ1) is 20.4. The summed E-state index contributed by atoms with van der Waals surface area (Å²) >= 11 is 0. The Morgan fingerprint density at radius 2 is 1.62 bits per heavy atom. The molecule has 0 unspecified atom stereocenters. The predicted molar refractivity (Wildman–Crippen MR) is 111 cm³/mol. The first-order valence-corrected chi connectivity index (χ1v) is 10.4. The minimum absolute atomic E-state index is 0.0301. The number of nitrogens with one attached hydrogen (secondary N) is 1. The Hall–Kier alpha value is -3.29. The number of carboxylic acids is 1. The van der Waals surface area contributed by atoms with Crippen LogP contribution >= 0.6 is 0 Å². The highest BCUT2D eigenvalue weighted by atomic mass is 32.2. The van der Waals surface area contributed by atoms with Gasteiger partial charge in [-0.05, 0) is 46.7 Å². The van der Waals surface area contributed by atoms with E-state index in [9.17, 15) is 18.0 Å². The molecule has 0 saturated carbocycles. The summed E-state index contributed by atoms with van der Waals surface area (Å²) in [6.07, 6.45) is 2.88. The van der Waals surface area contributed by atoms with Gasteiger partial charge in [-0.25, -0.2) is 13.1 Å². The van der Waals surface area contributed by atoms with E-state index in [1.807, 2.05) is 42.5 Å². The number of fused-ring (bicyclic) bond motifs is 1. The standard InChI is InChI=1S/C22H19NO5S/c24-21(13-10-17-6-3-5-16-4-1-2-7-20(16)17)18-8-11-19(12-9-18)29(27,28)23-15-14-22(25)26/h1-13,23H,14-15H2,(H,25,26). The summed E-state index contributed by atoms with van der Waals surface area (Å²) in [6.45, 7) is -0.202. The summed E-state index contributed by atoms with van der Waals surface area (Å²) in [4.78, 5) is 22.9. The van der Waals surface area contributed by atoms with E-state index >= 15 is 0 Å². The van der Waals surface area contributed by atoms with Gasteiger partial charge in [0.15, 0.2) is 5.78 Å². The minimum atomic E-state index is -3.82. The van der Waals surface area contributed by atoms with E-state index in [2.05, 4.69) is 4.72 Å². The van der Waals surface area contributed by atoms with Crippen LogP contribution in [0.5, 0.6) is 0 Å². The van der Waals surface area contributed by atoms with Crippen LogP contribution < -0.4 is 4.72 Å². The molecule has 0 aliphatic heterocycles. The number of aliphatic carboxylic acids is 1. The molecule has 0 saturated heterocycles. The van der Waals surface area contributed by atoms with E-state index in [0.29, 0.717) is 5.56 Å². The maximum atomic E-state index is 12.4. The van der Waals surface area contributed by atoms with Gasteiger partial charge in [0, 0.05) is 12.1 Å². The Kier molecular flexibility index (Phi) is 6.21. The van der Waals surface area contributed by atoms with Gasteiger partial charge in [-0.3, -0.25) is 9.59 Å². The van der Waals surface area contributed by atoms with Crippen LogP contribution in [0.1, 0.15) is 22.3 Å². The molecule has 7 heteroatoms. The van der Waals surface area contributed by atoms with Crippen LogP contribution in [0.3, 0.4) is 0 Å². The second-order valence-corrected chi connectivity index (χ2v) is 8.10. The third-order valence-electron chi connectivity index (χ3n) is 4.32. The van der Waals surface area contributed by atoms with Crippen molar-refractivity contribution in [2.24, 2.45) is 0 Å². The molecule has 6 nitrogen and oxygen atoms in total. The lowest BCUT2D eigenvalue weighted by atomic mass is 10.0. The highest BCUT2D eigenvalue weighted by Crippen LogP contribution is 2.20. The van der Waals surface area contributed by atoms with Crippen molar-refractivity contribution in [3.63, 3.8) is 0 Å². The normalized spacial score (nSPS) is 11.7. The van der Waals surface area contributed by atoms with E-state index in [0.717, 1.165) is 16.3 Å². The number of carbonyl (C=O) groups excluding carboxylic acids is 1. The largest absolute Gasteiger partial charge is 0.481 e. The molecule has 29 heavy (non-hydrogen) atoms. The summed E-state index contributed by atoms with van der Waals surface area (Å²) in [7, 11) is -3.82. The van der Waals surface area contributed by atoms with Gasteiger partial charge < -0.3 is 5.11 Å². The van der Waals surface area contributed by atoms with E-state index in [4.69, 9.17) is 5.11 Å². The fourth-order valence-corrected chi connectivity index (χ4v) is 3.86. The Morgan fingerprint density at radius 3 is 2.34 bits per heavy atom. The smallest absolute Gasteiger partial charge is 0.304 e. The molecule has 148 valence electrons. The number of ketones is 1. The van der Waals surface area contributed by atoms with Crippen LogP contribution in [0.25, 0.3) is 16.8 Å². The number of benzene rings is 3. The molecule has 3 rings (SSSR count). The van der Waals surface area contributed by atoms with Gasteiger partial charge in [-0.2, -0.15) is 0 Å². The molecule has 3 aromatic rings. The van der Waals surface area contributed by atoms with Crippen molar-refractivity contribution in [2.75, 3.05) is 6.54 Å². The van der Waals surface area contributed by atoms with E-state index in [1.165, 1.54) is 30.3 Å². The summed E-state index contributed by atoms with van der Waals surface area (Å²) in [6, 6.07) is 19.2. The second-order valence-electron chi connectivity index (χ2n) is 6.33. The topological polar surface area (TPSA) is 101 Å². The van der Waals surface area contributed by atoms with E-state index in [-0.39, 0.29) is 23.6 Å². The van der Waals surface area contributed by atoms with Crippen molar-refractivity contribution in [2.45, 2.75) is 11.3 Å². The first-order chi connectivity index (χ1) is 13.9. The number of carbonyl (C=O) groups is 2. The summed E-state index contributed by atoms with van der Waals surface area (Å²) < 4.78 is 26.5. The third kappa shape index (κ3) is 5.16. The molecule has 0 aromatic heterocycles. The maximum absolute atomic E-state index is 12.4. The maximum Gasteiger partial charge on any atom is 0.304 e. The van der Waals surface area contributed by atoms with E-state index in [1.54, 1.807) is 6.08 Å². The van der Waals surface area contributed by atoms with Crippen LogP contribution in [-0.2, 0) is 14.8 Å². The second kappa shape index (κ2) is 8.81. The molecule has 0 aliphatic carbocycles. The van der Waals surface area contributed by atoms with Crippen molar-refractivity contribution in [1.29, 1.82) is 0 Å². The monoisotopic (exact) mass is 409 g/mol. The lowest BCUT2D eigenvalue weighted by Gasteiger charge is -2.06. The number of carboxylic acid groups (broad SMARTS) is 1. The van der Waals surface area contributed by atoms with Crippen LogP contribution in [0, 0.1) is 0 Å². The molecule has 0 aliphatic rings. The van der Waals surface area contributed by atoms with Gasteiger partial charge in [-0.1, -0.05) is 48.5 Å². The van der Waals surface area contributed by atoms with Crippen molar-refractivity contribution in [3.8, 4) is 0 Å². The molecule has 3 aromatic carbocycles. The number of hydrogen-bond acceptors (Lipinski definition) is 4. The quantitative estimate of drug-likeness (QED) is 0.438. The van der Waals surface area contributed by atoms with Crippen molar-refractivity contribution < 1.29 is 23.1 Å². The molecule has 0 fully saturated rings. The first-order valence-electron chi connectivity index (χ1n) is 8.88. The zero-order valence-electron chi connectivity index (χ0n) is 15.4. The predicted octanol–water partition coefficient (Wildman–Crippen LogP) is 3.49.